The van der Waals surface area contributed by atoms with E-state index in [0.717, 1.165) is 16.9 Å². The molecule has 1 amide bonds. The van der Waals surface area contributed by atoms with Gasteiger partial charge in [-0.2, -0.15) is 9.30 Å². The van der Waals surface area contributed by atoms with Crippen molar-refractivity contribution in [1.29, 1.82) is 0 Å². The molecule has 1 heterocycles. The molecule has 0 bridgehead atoms. The van der Waals surface area contributed by atoms with Crippen LogP contribution in [0.1, 0.15) is 33.2 Å². The third-order valence-corrected chi connectivity index (χ3v) is 8.82. The van der Waals surface area contributed by atoms with Gasteiger partial charge in [-0.3, -0.25) is 9.59 Å². The third kappa shape index (κ3) is 6.36. The van der Waals surface area contributed by atoms with Crippen LogP contribution in [-0.2, 0) is 37.4 Å². The predicted octanol–water partition coefficient (Wildman–Crippen LogP) is 3.61. The van der Waals surface area contributed by atoms with Crippen LogP contribution in [0.5, 0.6) is 0 Å². The van der Waals surface area contributed by atoms with Gasteiger partial charge in [-0.25, -0.2) is 13.2 Å². The normalized spacial score (nSPS) is 12.1. The van der Waals surface area contributed by atoms with Crippen molar-refractivity contribution >= 4 is 49.4 Å². The van der Waals surface area contributed by atoms with Gasteiger partial charge in [-0.1, -0.05) is 41.7 Å². The molecule has 3 aromatic carbocycles. The molecular formula is C28H27N3O7S2. The summed E-state index contributed by atoms with van der Waals surface area (Å²) >= 11 is 1.12. The van der Waals surface area contributed by atoms with E-state index in [1.165, 1.54) is 47.3 Å². The highest BCUT2D eigenvalue weighted by atomic mass is 32.2. The maximum absolute atomic E-state index is 13.1. The fourth-order valence-electron chi connectivity index (χ4n) is 3.87. The van der Waals surface area contributed by atoms with Gasteiger partial charge in [0.05, 0.1) is 34.4 Å². The summed E-state index contributed by atoms with van der Waals surface area (Å²) in [7, 11) is -1.05. The Hall–Kier alpha value is -4.13. The number of hydrogen-bond acceptors (Lipinski definition) is 8. The van der Waals surface area contributed by atoms with E-state index < -0.39 is 27.9 Å². The van der Waals surface area contributed by atoms with E-state index in [2.05, 4.69) is 4.99 Å². The average molecular weight is 582 g/mol. The van der Waals surface area contributed by atoms with E-state index in [1.54, 1.807) is 25.1 Å². The lowest BCUT2D eigenvalue weighted by molar-refractivity contribution is -0.141. The van der Waals surface area contributed by atoms with Crippen LogP contribution in [0.2, 0.25) is 0 Å². The molecule has 0 unspecified atom stereocenters. The molecule has 0 aliphatic heterocycles. The van der Waals surface area contributed by atoms with Gasteiger partial charge in [0.25, 0.3) is 5.91 Å². The van der Waals surface area contributed by atoms with Crippen LogP contribution in [0.4, 0.5) is 0 Å². The van der Waals surface area contributed by atoms with Crippen molar-refractivity contribution in [2.45, 2.75) is 24.9 Å². The Morgan fingerprint density at radius 3 is 2.30 bits per heavy atom. The lowest BCUT2D eigenvalue weighted by atomic mass is 10.2. The van der Waals surface area contributed by atoms with Crippen LogP contribution in [0, 0.1) is 0 Å². The van der Waals surface area contributed by atoms with Gasteiger partial charge in [0.2, 0.25) is 10.0 Å². The average Bonchev–Trinajstić information content (AvgIpc) is 3.29. The molecule has 12 heteroatoms. The number of aromatic nitrogens is 1. The van der Waals surface area contributed by atoms with Crippen molar-refractivity contribution in [1.82, 2.24) is 8.87 Å². The molecule has 0 aliphatic rings. The second-order valence-corrected chi connectivity index (χ2v) is 11.7. The molecular weight excluding hydrogens is 554 g/mol. The number of sulfonamides is 1. The quantitative estimate of drug-likeness (QED) is 0.277. The molecule has 0 atom stereocenters. The fourth-order valence-corrected chi connectivity index (χ4v) is 6.10. The monoisotopic (exact) mass is 581 g/mol. The number of nitrogens with zero attached hydrogens (tertiary/aromatic N) is 3. The Kier molecular flexibility index (Phi) is 8.93. The van der Waals surface area contributed by atoms with Gasteiger partial charge >= 0.3 is 11.9 Å². The van der Waals surface area contributed by atoms with E-state index in [-0.39, 0.29) is 35.0 Å². The van der Waals surface area contributed by atoms with E-state index >= 15 is 0 Å². The number of amides is 1. The maximum Gasteiger partial charge on any atom is 0.338 e. The summed E-state index contributed by atoms with van der Waals surface area (Å²) in [4.78, 5) is 41.8. The molecule has 0 saturated heterocycles. The van der Waals surface area contributed by atoms with Gasteiger partial charge in [0.1, 0.15) is 6.54 Å². The summed E-state index contributed by atoms with van der Waals surface area (Å²) in [5.41, 5.74) is 1.92. The zero-order valence-corrected chi connectivity index (χ0v) is 23.7. The van der Waals surface area contributed by atoms with E-state index in [9.17, 15) is 22.8 Å². The van der Waals surface area contributed by atoms with Crippen molar-refractivity contribution < 1.29 is 32.3 Å². The number of fused-ring (bicyclic) bond motifs is 1. The minimum absolute atomic E-state index is 0.0385. The molecule has 4 aromatic rings. The number of carbonyl (C=O) groups is 3. The summed E-state index contributed by atoms with van der Waals surface area (Å²) < 4.78 is 39.3. The number of rotatable bonds is 9. The number of ether oxygens (including phenoxy) is 2. The number of thiazole rings is 1. The summed E-state index contributed by atoms with van der Waals surface area (Å²) in [5, 5.41) is 0. The first kappa shape index (κ1) is 28.9. The van der Waals surface area contributed by atoms with Crippen molar-refractivity contribution in [3.63, 3.8) is 0 Å². The smallest absolute Gasteiger partial charge is 0.338 e. The Bertz CT molecular complexity index is 1730. The van der Waals surface area contributed by atoms with Crippen LogP contribution in [0.15, 0.2) is 82.7 Å². The second-order valence-electron chi connectivity index (χ2n) is 8.64. The van der Waals surface area contributed by atoms with Gasteiger partial charge < -0.3 is 14.0 Å². The number of esters is 2. The molecule has 40 heavy (non-hydrogen) atoms. The Morgan fingerprint density at radius 2 is 1.65 bits per heavy atom. The van der Waals surface area contributed by atoms with E-state index in [0.29, 0.717) is 15.8 Å². The molecule has 208 valence electrons. The number of hydrogen-bond donors (Lipinski definition) is 0. The first-order valence-corrected chi connectivity index (χ1v) is 14.5. The van der Waals surface area contributed by atoms with Crippen molar-refractivity contribution in [2.24, 2.45) is 4.99 Å². The van der Waals surface area contributed by atoms with E-state index in [4.69, 9.17) is 9.47 Å². The summed E-state index contributed by atoms with van der Waals surface area (Å²) in [6, 6.07) is 19.6. The Balaban J connectivity index is 1.64. The van der Waals surface area contributed by atoms with Crippen molar-refractivity contribution in [3.05, 3.63) is 94.3 Å². The van der Waals surface area contributed by atoms with Crippen molar-refractivity contribution in [2.75, 3.05) is 20.8 Å². The largest absolute Gasteiger partial charge is 0.468 e. The van der Waals surface area contributed by atoms with Gasteiger partial charge in [-0.15, -0.1) is 0 Å². The summed E-state index contributed by atoms with van der Waals surface area (Å²) in [6.45, 7) is 1.93. The molecule has 1 aromatic heterocycles. The van der Waals surface area contributed by atoms with Gasteiger partial charge in [0.15, 0.2) is 4.80 Å². The zero-order chi connectivity index (χ0) is 28.9. The second kappa shape index (κ2) is 12.4. The standard InChI is InChI=1S/C28H27N3O7S2/c1-4-38-27(34)21-12-15-23-24(16-21)39-28(31(23)18-25(32)37-3)29-26(33)20-10-13-22(14-11-20)40(35,36)30(2)17-19-8-6-5-7-9-19/h5-16H,4,17-18H2,1-3H3. The molecule has 0 radical (unpaired) electrons. The molecule has 0 fully saturated rings. The Labute approximate surface area is 235 Å². The highest BCUT2D eigenvalue weighted by molar-refractivity contribution is 7.89. The minimum Gasteiger partial charge on any atom is -0.468 e. The van der Waals surface area contributed by atoms with Crippen LogP contribution in [0.3, 0.4) is 0 Å². The fraction of sp³-hybridized carbons (Fsp3) is 0.214. The maximum atomic E-state index is 13.1. The molecule has 0 saturated carbocycles. The van der Waals surface area contributed by atoms with Crippen LogP contribution in [0.25, 0.3) is 10.2 Å². The topological polar surface area (TPSA) is 124 Å². The SMILES string of the molecule is CCOC(=O)c1ccc2c(c1)sc(=NC(=O)c1ccc(S(=O)(=O)N(C)Cc3ccccc3)cc1)n2CC(=O)OC. The predicted molar refractivity (Wildman–Crippen MR) is 149 cm³/mol. The van der Waals surface area contributed by atoms with Gasteiger partial charge in [-0.05, 0) is 55.0 Å². The first-order chi connectivity index (χ1) is 19.1. The minimum atomic E-state index is -3.79. The third-order valence-electron chi connectivity index (χ3n) is 5.96. The lowest BCUT2D eigenvalue weighted by Gasteiger charge is -2.17. The van der Waals surface area contributed by atoms with Crippen LogP contribution in [-0.4, -0.2) is 55.9 Å². The molecule has 0 spiro atoms. The summed E-state index contributed by atoms with van der Waals surface area (Å²) in [5.74, 6) is -1.66. The lowest BCUT2D eigenvalue weighted by Crippen LogP contribution is -2.26. The van der Waals surface area contributed by atoms with Crippen LogP contribution >= 0.6 is 11.3 Å². The summed E-state index contributed by atoms with van der Waals surface area (Å²) in [6.07, 6.45) is 0. The highest BCUT2D eigenvalue weighted by Crippen LogP contribution is 2.21. The molecule has 0 aliphatic carbocycles. The van der Waals surface area contributed by atoms with Gasteiger partial charge in [0, 0.05) is 19.2 Å². The van der Waals surface area contributed by atoms with E-state index in [1.807, 2.05) is 30.3 Å². The van der Waals surface area contributed by atoms with Crippen molar-refractivity contribution in [3.8, 4) is 0 Å². The number of benzene rings is 3. The molecule has 10 nitrogen and oxygen atoms in total. The number of carbonyl (C=O) groups excluding carboxylic acids is 3. The first-order valence-electron chi connectivity index (χ1n) is 12.2. The zero-order valence-electron chi connectivity index (χ0n) is 22.1. The number of methoxy groups -OCH3 is 1. The molecule has 0 N–H and O–H groups in total. The Morgan fingerprint density at radius 1 is 0.975 bits per heavy atom. The molecule has 4 rings (SSSR count). The van der Waals surface area contributed by atoms with Crippen LogP contribution < -0.4 is 4.80 Å². The highest BCUT2D eigenvalue weighted by Gasteiger charge is 2.21.